The molecule has 0 fully saturated rings. The maximum atomic E-state index is 6.77. The molecule has 0 spiro atoms. The summed E-state index contributed by atoms with van der Waals surface area (Å²) in [5.41, 5.74) is 7.83. The van der Waals surface area contributed by atoms with Crippen molar-refractivity contribution in [3.8, 4) is 23.0 Å². The predicted octanol–water partition coefficient (Wildman–Crippen LogP) is 8.00. The van der Waals surface area contributed by atoms with E-state index in [1.54, 1.807) is 14.2 Å². The van der Waals surface area contributed by atoms with Crippen molar-refractivity contribution in [2.24, 2.45) is 0 Å². The van der Waals surface area contributed by atoms with Crippen molar-refractivity contribution in [3.63, 3.8) is 0 Å². The topological polar surface area (TPSA) is 40.2 Å². The predicted molar refractivity (Wildman–Crippen MR) is 156 cm³/mol. The average molecular weight is 587 g/mol. The molecule has 0 amide bonds. The van der Waals surface area contributed by atoms with Crippen molar-refractivity contribution in [3.05, 3.63) is 82.4 Å². The van der Waals surface area contributed by atoms with Gasteiger partial charge in [-0.3, -0.25) is 0 Å². The van der Waals surface area contributed by atoms with Crippen LogP contribution in [0.2, 0.25) is 0 Å². The molecule has 3 aliphatic rings. The van der Waals surface area contributed by atoms with E-state index in [4.69, 9.17) is 53.8 Å². The molecule has 3 aromatic carbocycles. The van der Waals surface area contributed by atoms with E-state index in [2.05, 4.69) is 53.4 Å². The summed E-state index contributed by atoms with van der Waals surface area (Å²) in [7, 11) is 3.27. The van der Waals surface area contributed by atoms with Crippen LogP contribution in [-0.2, 0) is 12.8 Å². The second kappa shape index (κ2) is 10.7. The quantitative estimate of drug-likeness (QED) is 0.207. The van der Waals surface area contributed by atoms with Crippen LogP contribution in [0.1, 0.15) is 53.1 Å². The number of allylic oxidation sites excluding steroid dienone is 1. The first-order chi connectivity index (χ1) is 18.9. The first-order valence-electron chi connectivity index (χ1n) is 13.2. The van der Waals surface area contributed by atoms with Crippen LogP contribution in [0.3, 0.4) is 0 Å². The molecule has 39 heavy (non-hydrogen) atoms. The number of aryl methyl sites for hydroxylation is 1. The van der Waals surface area contributed by atoms with Crippen LogP contribution < -0.4 is 18.9 Å². The second-order valence-electron chi connectivity index (χ2n) is 10.0. The van der Waals surface area contributed by atoms with Crippen LogP contribution in [0.5, 0.6) is 23.0 Å². The van der Waals surface area contributed by atoms with Gasteiger partial charge in [0.05, 0.1) is 14.2 Å². The van der Waals surface area contributed by atoms with Gasteiger partial charge in [-0.25, -0.2) is 0 Å². The van der Waals surface area contributed by atoms with Gasteiger partial charge in [0.25, 0.3) is 0 Å². The molecule has 204 valence electrons. The largest absolute Gasteiger partial charge is 0.493 e. The fourth-order valence-corrected chi connectivity index (χ4v) is 6.83. The number of benzene rings is 3. The van der Waals surface area contributed by atoms with E-state index in [0.29, 0.717) is 18.0 Å². The maximum absolute atomic E-state index is 6.77. The van der Waals surface area contributed by atoms with E-state index < -0.39 is 9.83 Å². The van der Waals surface area contributed by atoms with E-state index in [0.717, 1.165) is 66.0 Å². The Kier molecular flexibility index (Phi) is 7.26. The Bertz CT molecular complexity index is 1420. The first kappa shape index (κ1) is 26.5. The summed E-state index contributed by atoms with van der Waals surface area (Å²) < 4.78 is 21.4. The van der Waals surface area contributed by atoms with Gasteiger partial charge in [-0.2, -0.15) is 0 Å². The zero-order valence-corrected chi connectivity index (χ0v) is 24.2. The van der Waals surface area contributed by atoms with E-state index in [9.17, 15) is 0 Å². The Morgan fingerprint density at radius 3 is 2.36 bits per heavy atom. The molecule has 0 aliphatic carbocycles. The van der Waals surface area contributed by atoms with Crippen molar-refractivity contribution < 1.29 is 18.9 Å². The molecule has 3 heterocycles. The van der Waals surface area contributed by atoms with Gasteiger partial charge in [0.1, 0.15) is 6.04 Å². The molecule has 0 saturated carbocycles. The molecule has 8 heteroatoms. The van der Waals surface area contributed by atoms with Crippen LogP contribution >= 0.6 is 34.8 Å². The molecule has 1 unspecified atom stereocenters. The van der Waals surface area contributed by atoms with Crippen molar-refractivity contribution >= 4 is 46.1 Å². The van der Waals surface area contributed by atoms with Gasteiger partial charge in [0, 0.05) is 23.4 Å². The third kappa shape index (κ3) is 4.79. The van der Waals surface area contributed by atoms with Crippen molar-refractivity contribution in [1.82, 2.24) is 4.90 Å². The summed E-state index contributed by atoms with van der Waals surface area (Å²) in [5, 5.41) is 0. The highest BCUT2D eigenvalue weighted by Crippen LogP contribution is 2.59. The Morgan fingerprint density at radius 1 is 0.897 bits per heavy atom. The molecule has 0 radical (unpaired) electrons. The van der Waals surface area contributed by atoms with Crippen LogP contribution in [0.4, 0.5) is 0 Å². The molecular weight excluding hydrogens is 557 g/mol. The van der Waals surface area contributed by atoms with Crippen LogP contribution in [0.25, 0.3) is 11.3 Å². The molecule has 3 aromatic rings. The van der Waals surface area contributed by atoms with Crippen LogP contribution in [-0.4, -0.2) is 36.2 Å². The number of methoxy groups -OCH3 is 2. The average Bonchev–Trinajstić information content (AvgIpc) is 3.40. The monoisotopic (exact) mass is 585 g/mol. The van der Waals surface area contributed by atoms with Gasteiger partial charge >= 0.3 is 0 Å². The van der Waals surface area contributed by atoms with E-state index >= 15 is 0 Å². The molecule has 6 rings (SSSR count). The number of hydrogen-bond donors (Lipinski definition) is 0. The lowest BCUT2D eigenvalue weighted by Crippen LogP contribution is -2.42. The van der Waals surface area contributed by atoms with Crippen molar-refractivity contribution in [2.45, 2.75) is 41.9 Å². The third-order valence-electron chi connectivity index (χ3n) is 7.84. The van der Waals surface area contributed by atoms with E-state index in [1.807, 2.05) is 6.07 Å². The minimum absolute atomic E-state index is 0.226. The molecule has 5 nitrogen and oxygen atoms in total. The van der Waals surface area contributed by atoms with Crippen LogP contribution in [0.15, 0.2) is 54.6 Å². The van der Waals surface area contributed by atoms with Gasteiger partial charge < -0.3 is 23.8 Å². The van der Waals surface area contributed by atoms with Crippen molar-refractivity contribution in [1.29, 1.82) is 0 Å². The van der Waals surface area contributed by atoms with Gasteiger partial charge in [-0.15, -0.1) is 0 Å². The number of alkyl halides is 3. The summed E-state index contributed by atoms with van der Waals surface area (Å²) in [4.78, 5) is 2.24. The van der Waals surface area contributed by atoms with Crippen molar-refractivity contribution in [2.75, 3.05) is 27.6 Å². The smallest absolute Gasteiger partial charge is 0.231 e. The fraction of sp³-hybridized carbons (Fsp3) is 0.355. The summed E-state index contributed by atoms with van der Waals surface area (Å²) in [6.45, 7) is 0.914. The number of hydrogen-bond acceptors (Lipinski definition) is 5. The lowest BCUT2D eigenvalue weighted by Gasteiger charge is -2.47. The number of unbranched alkanes of at least 4 members (excludes halogenated alkanes) is 1. The third-order valence-corrected chi connectivity index (χ3v) is 8.46. The summed E-state index contributed by atoms with van der Waals surface area (Å²) in [6, 6.07) is 18.2. The SMILES string of the molecule is COc1ccc2c(c1OC)C(C(Cl)(Cl)Cl)N1CCc3cc4c(cc3C1=C2CCCCc1ccccc1)OCO4. The Balaban J connectivity index is 1.51. The highest BCUT2D eigenvalue weighted by Gasteiger charge is 2.48. The minimum Gasteiger partial charge on any atom is -0.493 e. The second-order valence-corrected chi connectivity index (χ2v) is 12.4. The maximum Gasteiger partial charge on any atom is 0.231 e. The molecule has 0 N–H and O–H groups in total. The standard InChI is InChI=1S/C31H30Cl3NO4/c1-36-24-13-12-21-22(11-7-6-10-19-8-4-3-5-9-19)28-23-17-26-25(38-18-39-26)16-20(23)14-15-35(28)30(31(32,33)34)27(21)29(24)37-2/h3-5,8-9,12-13,16-17,30H,6-7,10-11,14-15,18H2,1-2H3. The molecule has 1 atom stereocenters. The molecular formula is C31H30Cl3NO4. The zero-order chi connectivity index (χ0) is 27.1. The number of rotatable bonds is 7. The van der Waals surface area contributed by atoms with Gasteiger partial charge in [0.15, 0.2) is 23.0 Å². The van der Waals surface area contributed by atoms with E-state index in [1.165, 1.54) is 16.7 Å². The molecule has 0 bridgehead atoms. The Morgan fingerprint density at radius 2 is 1.64 bits per heavy atom. The van der Waals surface area contributed by atoms with Crippen LogP contribution in [0, 0.1) is 0 Å². The first-order valence-corrected chi connectivity index (χ1v) is 14.3. The Labute approximate surface area is 244 Å². The summed E-state index contributed by atoms with van der Waals surface area (Å²) in [5.74, 6) is 2.75. The lowest BCUT2D eigenvalue weighted by molar-refractivity contribution is 0.174. The van der Waals surface area contributed by atoms with E-state index in [-0.39, 0.29) is 6.79 Å². The number of nitrogens with zero attached hydrogens (tertiary/aromatic N) is 1. The van der Waals surface area contributed by atoms with Gasteiger partial charge in [-0.1, -0.05) is 71.2 Å². The fourth-order valence-electron chi connectivity index (χ4n) is 6.15. The molecule has 0 saturated heterocycles. The normalized spacial score (nSPS) is 17.5. The minimum atomic E-state index is -1.62. The number of halogens is 3. The number of ether oxygens (including phenoxy) is 4. The summed E-state index contributed by atoms with van der Waals surface area (Å²) in [6.07, 6.45) is 4.74. The van der Waals surface area contributed by atoms with Gasteiger partial charge in [0.2, 0.25) is 10.6 Å². The Hall–Kier alpha value is -2.73. The highest BCUT2D eigenvalue weighted by molar-refractivity contribution is 6.68. The highest BCUT2D eigenvalue weighted by atomic mass is 35.6. The number of fused-ring (bicyclic) bond motifs is 5. The van der Waals surface area contributed by atoms with Gasteiger partial charge in [-0.05, 0) is 72.6 Å². The molecule has 0 aromatic heterocycles. The summed E-state index contributed by atoms with van der Waals surface area (Å²) >= 11 is 20.3. The zero-order valence-electron chi connectivity index (χ0n) is 21.9. The molecule has 3 aliphatic heterocycles. The lowest BCUT2D eigenvalue weighted by atomic mass is 9.80.